The number of carbonyl (C=O) groups excluding carboxylic acids is 3. The molecule has 0 saturated carbocycles. The van der Waals surface area contributed by atoms with E-state index in [0.717, 1.165) is 5.56 Å². The van der Waals surface area contributed by atoms with Crippen molar-refractivity contribution < 1.29 is 14.4 Å². The highest BCUT2D eigenvalue weighted by molar-refractivity contribution is 6.07. The Morgan fingerprint density at radius 2 is 1.33 bits per heavy atom. The average Bonchev–Trinajstić information content (AvgIpc) is 2.48. The summed E-state index contributed by atoms with van der Waals surface area (Å²) in [4.78, 5) is 35.0. The standard InChI is InChI=1S/C18H19N3O3/c1-11-6-4-5-7-17(11)21-18(24)14-8-15(19-12(2)22)10-16(9-14)20-13(3)23/h4-10H,1-3H3,(H,19,22)(H,20,23)(H,21,24). The van der Waals surface area contributed by atoms with Gasteiger partial charge in [0.25, 0.3) is 5.91 Å². The van der Waals surface area contributed by atoms with Crippen LogP contribution in [-0.4, -0.2) is 17.7 Å². The van der Waals surface area contributed by atoms with Gasteiger partial charge in [0.1, 0.15) is 0 Å². The minimum absolute atomic E-state index is 0.264. The second-order valence-electron chi connectivity index (χ2n) is 5.43. The largest absolute Gasteiger partial charge is 0.326 e. The Hall–Kier alpha value is -3.15. The first-order valence-corrected chi connectivity index (χ1v) is 7.42. The molecule has 0 heterocycles. The van der Waals surface area contributed by atoms with E-state index in [1.807, 2.05) is 25.1 Å². The molecule has 3 amide bonds. The van der Waals surface area contributed by atoms with E-state index in [2.05, 4.69) is 16.0 Å². The lowest BCUT2D eigenvalue weighted by molar-refractivity contribution is -0.115. The molecule has 2 rings (SSSR count). The smallest absolute Gasteiger partial charge is 0.255 e. The highest BCUT2D eigenvalue weighted by atomic mass is 16.2. The molecule has 0 radical (unpaired) electrons. The molecule has 2 aromatic carbocycles. The van der Waals surface area contributed by atoms with Gasteiger partial charge in [-0.1, -0.05) is 18.2 Å². The zero-order valence-corrected chi connectivity index (χ0v) is 13.8. The van der Waals surface area contributed by atoms with Crippen LogP contribution in [0.3, 0.4) is 0 Å². The fraction of sp³-hybridized carbons (Fsp3) is 0.167. The van der Waals surface area contributed by atoms with Crippen molar-refractivity contribution in [3.63, 3.8) is 0 Å². The van der Waals surface area contributed by atoms with Crippen LogP contribution in [0.1, 0.15) is 29.8 Å². The Bertz CT molecular complexity index is 766. The summed E-state index contributed by atoms with van der Waals surface area (Å²) in [5, 5.41) is 8.06. The van der Waals surface area contributed by atoms with E-state index in [9.17, 15) is 14.4 Å². The number of nitrogens with one attached hydrogen (secondary N) is 3. The minimum atomic E-state index is -0.330. The first-order chi connectivity index (χ1) is 11.3. The number of amides is 3. The molecular formula is C18H19N3O3. The summed E-state index contributed by atoms with van der Waals surface area (Å²) in [6, 6.07) is 12.1. The maximum atomic E-state index is 12.5. The van der Waals surface area contributed by atoms with Crippen molar-refractivity contribution in [2.75, 3.05) is 16.0 Å². The molecule has 0 bridgehead atoms. The van der Waals surface area contributed by atoms with E-state index < -0.39 is 0 Å². The van der Waals surface area contributed by atoms with Crippen molar-refractivity contribution >= 4 is 34.8 Å². The van der Waals surface area contributed by atoms with Gasteiger partial charge in [-0.05, 0) is 36.8 Å². The van der Waals surface area contributed by atoms with Gasteiger partial charge in [0.05, 0.1) is 0 Å². The monoisotopic (exact) mass is 325 g/mol. The SMILES string of the molecule is CC(=O)Nc1cc(NC(C)=O)cc(C(=O)Nc2ccccc2C)c1. The van der Waals surface area contributed by atoms with Gasteiger partial charge in [0.15, 0.2) is 0 Å². The molecule has 0 unspecified atom stereocenters. The van der Waals surface area contributed by atoms with Crippen LogP contribution in [0.2, 0.25) is 0 Å². The normalized spacial score (nSPS) is 9.96. The van der Waals surface area contributed by atoms with Crippen LogP contribution >= 0.6 is 0 Å². The summed E-state index contributed by atoms with van der Waals surface area (Å²) in [6.45, 7) is 4.64. The number of anilines is 3. The second-order valence-corrected chi connectivity index (χ2v) is 5.43. The van der Waals surface area contributed by atoms with E-state index in [4.69, 9.17) is 0 Å². The number of aryl methyl sites for hydroxylation is 1. The quantitative estimate of drug-likeness (QED) is 0.807. The van der Waals surface area contributed by atoms with Gasteiger partial charge in [-0.15, -0.1) is 0 Å². The van der Waals surface area contributed by atoms with Crippen molar-refractivity contribution in [1.82, 2.24) is 0 Å². The van der Waals surface area contributed by atoms with Crippen LogP contribution < -0.4 is 16.0 Å². The third kappa shape index (κ3) is 4.67. The fourth-order valence-corrected chi connectivity index (χ4v) is 2.22. The molecule has 3 N–H and O–H groups in total. The third-order valence-corrected chi connectivity index (χ3v) is 3.23. The van der Waals surface area contributed by atoms with Crippen molar-refractivity contribution in [3.8, 4) is 0 Å². The molecule has 0 saturated heterocycles. The van der Waals surface area contributed by atoms with E-state index in [1.54, 1.807) is 24.3 Å². The molecule has 0 aliphatic heterocycles. The Kier molecular flexibility index (Phi) is 5.31. The molecule has 2 aromatic rings. The molecule has 0 fully saturated rings. The zero-order chi connectivity index (χ0) is 17.7. The predicted octanol–water partition coefficient (Wildman–Crippen LogP) is 3.16. The molecule has 0 aliphatic carbocycles. The van der Waals surface area contributed by atoms with Crippen LogP contribution in [0.4, 0.5) is 17.1 Å². The summed E-state index contributed by atoms with van der Waals surface area (Å²) < 4.78 is 0. The average molecular weight is 325 g/mol. The Labute approximate surface area is 140 Å². The number of hydrogen-bond acceptors (Lipinski definition) is 3. The van der Waals surface area contributed by atoms with Crippen LogP contribution in [0.5, 0.6) is 0 Å². The molecule has 0 aromatic heterocycles. The van der Waals surface area contributed by atoms with E-state index in [1.165, 1.54) is 13.8 Å². The topological polar surface area (TPSA) is 87.3 Å². The van der Waals surface area contributed by atoms with Gasteiger partial charge in [-0.25, -0.2) is 0 Å². The van der Waals surface area contributed by atoms with Gasteiger partial charge in [0, 0.05) is 36.5 Å². The summed E-state index contributed by atoms with van der Waals surface area (Å²) in [7, 11) is 0. The molecule has 0 aliphatic rings. The summed E-state index contributed by atoms with van der Waals surface area (Å²) in [5.74, 6) is -0.858. The zero-order valence-electron chi connectivity index (χ0n) is 13.8. The highest BCUT2D eigenvalue weighted by Gasteiger charge is 2.11. The minimum Gasteiger partial charge on any atom is -0.326 e. The summed E-state index contributed by atoms with van der Waals surface area (Å²) >= 11 is 0. The van der Waals surface area contributed by atoms with Crippen molar-refractivity contribution in [1.29, 1.82) is 0 Å². The molecule has 24 heavy (non-hydrogen) atoms. The van der Waals surface area contributed by atoms with Gasteiger partial charge in [0.2, 0.25) is 11.8 Å². The molecule has 0 spiro atoms. The number of rotatable bonds is 4. The van der Waals surface area contributed by atoms with Crippen molar-refractivity contribution in [2.45, 2.75) is 20.8 Å². The fourth-order valence-electron chi connectivity index (χ4n) is 2.22. The summed E-state index contributed by atoms with van der Waals surface area (Å²) in [6.07, 6.45) is 0. The number of para-hydroxylation sites is 1. The second kappa shape index (κ2) is 7.41. The number of carbonyl (C=O) groups is 3. The van der Waals surface area contributed by atoms with E-state index in [0.29, 0.717) is 22.6 Å². The van der Waals surface area contributed by atoms with Crippen molar-refractivity contribution in [2.24, 2.45) is 0 Å². The van der Waals surface area contributed by atoms with Crippen molar-refractivity contribution in [3.05, 3.63) is 53.6 Å². The lowest BCUT2D eigenvalue weighted by atomic mass is 10.1. The van der Waals surface area contributed by atoms with Gasteiger partial charge < -0.3 is 16.0 Å². The van der Waals surface area contributed by atoms with Crippen LogP contribution in [0, 0.1) is 6.92 Å². The highest BCUT2D eigenvalue weighted by Crippen LogP contribution is 2.21. The molecule has 0 atom stereocenters. The molecule has 6 heteroatoms. The van der Waals surface area contributed by atoms with E-state index >= 15 is 0 Å². The predicted molar refractivity (Wildman–Crippen MR) is 94.2 cm³/mol. The molecule has 6 nitrogen and oxygen atoms in total. The summed E-state index contributed by atoms with van der Waals surface area (Å²) in [5.41, 5.74) is 2.83. The van der Waals surface area contributed by atoms with Gasteiger partial charge >= 0.3 is 0 Å². The third-order valence-electron chi connectivity index (χ3n) is 3.23. The van der Waals surface area contributed by atoms with Crippen LogP contribution in [-0.2, 0) is 9.59 Å². The first-order valence-electron chi connectivity index (χ1n) is 7.42. The van der Waals surface area contributed by atoms with E-state index in [-0.39, 0.29) is 17.7 Å². The number of benzene rings is 2. The maximum Gasteiger partial charge on any atom is 0.255 e. The Morgan fingerprint density at radius 3 is 1.83 bits per heavy atom. The Balaban J connectivity index is 2.32. The maximum absolute atomic E-state index is 12.5. The number of hydrogen-bond donors (Lipinski definition) is 3. The lowest BCUT2D eigenvalue weighted by Gasteiger charge is -2.12. The van der Waals surface area contributed by atoms with Crippen LogP contribution in [0.25, 0.3) is 0 Å². The lowest BCUT2D eigenvalue weighted by Crippen LogP contribution is -2.15. The first kappa shape index (κ1) is 17.2. The molecular weight excluding hydrogens is 306 g/mol. The molecule has 124 valence electrons. The van der Waals surface area contributed by atoms with Gasteiger partial charge in [-0.3, -0.25) is 14.4 Å². The van der Waals surface area contributed by atoms with Gasteiger partial charge in [-0.2, -0.15) is 0 Å². The van der Waals surface area contributed by atoms with Crippen LogP contribution in [0.15, 0.2) is 42.5 Å². The Morgan fingerprint density at radius 1 is 0.792 bits per heavy atom.